The minimum absolute atomic E-state index is 0.226. The fourth-order valence-corrected chi connectivity index (χ4v) is 4.65. The summed E-state index contributed by atoms with van der Waals surface area (Å²) in [5, 5.41) is 4.92. The van der Waals surface area contributed by atoms with Gasteiger partial charge in [-0.3, -0.25) is 14.0 Å². The molecule has 4 rings (SSSR count). The second-order valence-electron chi connectivity index (χ2n) is 6.93. The Morgan fingerprint density at radius 3 is 2.57 bits per heavy atom. The number of methoxy groups -OCH3 is 1. The van der Waals surface area contributed by atoms with Gasteiger partial charge in [0.25, 0.3) is 5.56 Å². The van der Waals surface area contributed by atoms with E-state index in [0.29, 0.717) is 25.6 Å². The van der Waals surface area contributed by atoms with Gasteiger partial charge in [0.2, 0.25) is 0 Å². The number of nitrogens with zero attached hydrogens (tertiary/aromatic N) is 4. The average Bonchev–Trinajstić information content (AvgIpc) is 3.21. The van der Waals surface area contributed by atoms with Gasteiger partial charge >= 0.3 is 5.97 Å². The topological polar surface area (TPSA) is 78.5 Å². The summed E-state index contributed by atoms with van der Waals surface area (Å²) in [6.07, 6.45) is 3.47. The second kappa shape index (κ2) is 7.70. The number of ether oxygens (including phenoxy) is 1. The van der Waals surface area contributed by atoms with Gasteiger partial charge in [-0.2, -0.15) is 5.10 Å². The number of hydrogen-bond donors (Lipinski definition) is 0. The number of rotatable bonds is 3. The van der Waals surface area contributed by atoms with Gasteiger partial charge in [0, 0.05) is 23.3 Å². The number of fused-ring (bicyclic) bond motifs is 1. The Morgan fingerprint density at radius 2 is 1.97 bits per heavy atom. The molecule has 3 heterocycles. The molecule has 154 valence electrons. The molecule has 0 N–H and O–H groups in total. The Balaban J connectivity index is 1.99. The number of carbonyl (C=O) groups excluding carboxylic acids is 1. The molecule has 7 nitrogen and oxygen atoms in total. The largest absolute Gasteiger partial charge is 0.466 e. The number of carbonyl (C=O) groups is 1. The third kappa shape index (κ3) is 3.32. The van der Waals surface area contributed by atoms with E-state index < -0.39 is 12.0 Å². The van der Waals surface area contributed by atoms with E-state index in [4.69, 9.17) is 16.3 Å². The minimum Gasteiger partial charge on any atom is -0.466 e. The summed E-state index contributed by atoms with van der Waals surface area (Å²) in [7, 11) is 3.14. The van der Waals surface area contributed by atoms with Crippen molar-refractivity contribution in [2.75, 3.05) is 7.11 Å². The summed E-state index contributed by atoms with van der Waals surface area (Å²) < 4.78 is 8.79. The van der Waals surface area contributed by atoms with Crippen molar-refractivity contribution in [1.82, 2.24) is 14.3 Å². The van der Waals surface area contributed by atoms with Crippen molar-refractivity contribution < 1.29 is 9.53 Å². The van der Waals surface area contributed by atoms with Crippen LogP contribution in [0.1, 0.15) is 29.8 Å². The molecule has 0 saturated carbocycles. The van der Waals surface area contributed by atoms with E-state index in [1.807, 2.05) is 26.1 Å². The first kappa shape index (κ1) is 20.3. The lowest BCUT2D eigenvalue weighted by atomic mass is 9.96. The molecule has 1 aromatic carbocycles. The van der Waals surface area contributed by atoms with Crippen LogP contribution < -0.4 is 14.9 Å². The highest BCUT2D eigenvalue weighted by Gasteiger charge is 2.34. The Morgan fingerprint density at radius 1 is 1.27 bits per heavy atom. The molecule has 0 aliphatic carbocycles. The normalized spacial score (nSPS) is 16.4. The zero-order valence-corrected chi connectivity index (χ0v) is 18.4. The molecule has 0 saturated heterocycles. The third-order valence-corrected chi connectivity index (χ3v) is 6.40. The summed E-state index contributed by atoms with van der Waals surface area (Å²) >= 11 is 7.24. The van der Waals surface area contributed by atoms with Crippen LogP contribution in [0, 0.1) is 6.92 Å². The van der Waals surface area contributed by atoms with Crippen LogP contribution in [0.2, 0.25) is 5.02 Å². The molecule has 0 amide bonds. The van der Waals surface area contributed by atoms with Gasteiger partial charge in [0.1, 0.15) is 6.04 Å². The Hall–Kier alpha value is -2.97. The maximum absolute atomic E-state index is 13.4. The Kier molecular flexibility index (Phi) is 5.21. The number of hydrogen-bond acceptors (Lipinski definition) is 6. The van der Waals surface area contributed by atoms with E-state index in [2.05, 4.69) is 10.1 Å². The van der Waals surface area contributed by atoms with Crippen LogP contribution in [0.5, 0.6) is 0 Å². The van der Waals surface area contributed by atoms with E-state index >= 15 is 0 Å². The molecule has 1 aliphatic rings. The highest BCUT2D eigenvalue weighted by Crippen LogP contribution is 2.32. The van der Waals surface area contributed by atoms with E-state index in [-0.39, 0.29) is 5.56 Å². The van der Waals surface area contributed by atoms with Crippen LogP contribution in [-0.4, -0.2) is 27.4 Å². The molecule has 1 atom stereocenters. The highest BCUT2D eigenvalue weighted by molar-refractivity contribution is 7.07. The van der Waals surface area contributed by atoms with Crippen molar-refractivity contribution in [2.45, 2.75) is 19.9 Å². The second-order valence-corrected chi connectivity index (χ2v) is 8.38. The summed E-state index contributed by atoms with van der Waals surface area (Å²) in [6.45, 7) is 3.65. The fourth-order valence-electron chi connectivity index (χ4n) is 3.48. The van der Waals surface area contributed by atoms with Crippen LogP contribution in [0.25, 0.3) is 6.08 Å². The summed E-state index contributed by atoms with van der Waals surface area (Å²) in [5.41, 5.74) is 3.08. The number of thiazole rings is 1. The lowest BCUT2D eigenvalue weighted by Crippen LogP contribution is -2.40. The molecule has 0 radical (unpaired) electrons. The molecule has 0 bridgehead atoms. The molecule has 1 aliphatic heterocycles. The smallest absolute Gasteiger partial charge is 0.338 e. The summed E-state index contributed by atoms with van der Waals surface area (Å²) in [5.74, 6) is -0.517. The van der Waals surface area contributed by atoms with E-state index in [9.17, 15) is 9.59 Å². The minimum atomic E-state index is -0.658. The number of allylic oxidation sites excluding steroid dienone is 1. The number of halogens is 1. The zero-order valence-electron chi connectivity index (χ0n) is 16.8. The summed E-state index contributed by atoms with van der Waals surface area (Å²) in [4.78, 5) is 31.1. The Labute approximate surface area is 181 Å². The monoisotopic (exact) mass is 442 g/mol. The molecule has 0 spiro atoms. The maximum atomic E-state index is 13.4. The van der Waals surface area contributed by atoms with Crippen molar-refractivity contribution in [3.63, 3.8) is 0 Å². The highest BCUT2D eigenvalue weighted by atomic mass is 35.5. The lowest BCUT2D eigenvalue weighted by molar-refractivity contribution is -0.136. The third-order valence-electron chi connectivity index (χ3n) is 5.16. The van der Waals surface area contributed by atoms with Crippen LogP contribution in [0.4, 0.5) is 0 Å². The predicted octanol–water partition coefficient (Wildman–Crippen LogP) is 2.10. The zero-order chi connectivity index (χ0) is 21.6. The average molecular weight is 443 g/mol. The molecule has 0 fully saturated rings. The van der Waals surface area contributed by atoms with Gasteiger partial charge in [-0.15, -0.1) is 0 Å². The number of esters is 1. The van der Waals surface area contributed by atoms with Crippen LogP contribution in [0.3, 0.4) is 0 Å². The van der Waals surface area contributed by atoms with Crippen LogP contribution >= 0.6 is 22.9 Å². The van der Waals surface area contributed by atoms with Crippen molar-refractivity contribution in [3.05, 3.63) is 83.3 Å². The number of aromatic nitrogens is 3. The molecule has 0 unspecified atom stereocenters. The lowest BCUT2D eigenvalue weighted by Gasteiger charge is -2.23. The van der Waals surface area contributed by atoms with E-state index in [1.165, 1.54) is 18.4 Å². The van der Waals surface area contributed by atoms with Crippen molar-refractivity contribution in [1.29, 1.82) is 0 Å². The number of benzene rings is 1. The van der Waals surface area contributed by atoms with Crippen LogP contribution in [0.15, 0.2) is 51.5 Å². The molecule has 9 heteroatoms. The van der Waals surface area contributed by atoms with Gasteiger partial charge in [-0.25, -0.2) is 9.79 Å². The fraction of sp³-hybridized carbons (Fsp3) is 0.238. The molecular formula is C21H19ClN4O3S. The van der Waals surface area contributed by atoms with Gasteiger partial charge in [-0.05, 0) is 37.6 Å². The quantitative estimate of drug-likeness (QED) is 0.582. The molecule has 30 heavy (non-hydrogen) atoms. The first-order chi connectivity index (χ1) is 14.3. The van der Waals surface area contributed by atoms with E-state index in [1.54, 1.807) is 40.6 Å². The van der Waals surface area contributed by atoms with Crippen molar-refractivity contribution in [3.8, 4) is 0 Å². The van der Waals surface area contributed by atoms with Crippen molar-refractivity contribution >= 4 is 35.0 Å². The first-order valence-electron chi connectivity index (χ1n) is 9.16. The van der Waals surface area contributed by atoms with Gasteiger partial charge in [-0.1, -0.05) is 35.1 Å². The van der Waals surface area contributed by atoms with E-state index in [0.717, 1.165) is 16.8 Å². The maximum Gasteiger partial charge on any atom is 0.338 e. The predicted molar refractivity (Wildman–Crippen MR) is 115 cm³/mol. The van der Waals surface area contributed by atoms with Gasteiger partial charge in [0.05, 0.1) is 29.1 Å². The van der Waals surface area contributed by atoms with Crippen LogP contribution in [-0.2, 0) is 16.6 Å². The standard InChI is InChI=1S/C21H19ClN4O3S/c1-11-17(20(28)29-4)18(15-10-23-25(3)12(15)2)26-19(27)16(30-21(26)24-11)9-13-5-7-14(22)8-6-13/h5-10,18H,1-4H3/b16-9+/t18-/m0/s1. The molecule has 2 aromatic heterocycles. The SMILES string of the molecule is COC(=O)C1=C(C)N=c2s/c(=C/c3ccc(Cl)cc3)c(=O)n2[C@H]1c1cnn(C)c1C. The molecular weight excluding hydrogens is 424 g/mol. The summed E-state index contributed by atoms with van der Waals surface area (Å²) in [6, 6.07) is 6.56. The Bertz CT molecular complexity index is 1360. The first-order valence-corrected chi connectivity index (χ1v) is 10.4. The molecule has 3 aromatic rings. The van der Waals surface area contributed by atoms with Gasteiger partial charge in [0.15, 0.2) is 4.80 Å². The number of aryl methyl sites for hydroxylation is 1. The van der Waals surface area contributed by atoms with Crippen molar-refractivity contribution in [2.24, 2.45) is 12.0 Å². The van der Waals surface area contributed by atoms with Gasteiger partial charge < -0.3 is 4.74 Å².